The zero-order chi connectivity index (χ0) is 35.4. The standard InChI is InChI=1S/C38H46F2N8O3/c1-4-28-30(40)9-8-24-16-27(49)18-33(34(24)28)45-15-10-29-32(22-45)41-37(51-23-38-11-7-13-47(38)20-25(39)19-38)42-35(29)46-12-5-6-14-48-26(21-46)17-31(43-48)36(50)44(2)3/h8-9,16-18,25,49H,4-7,10-15,19-23H2,1-3H3/t25-,38+/m1/s1. The number of aromatic nitrogens is 4. The van der Waals surface area contributed by atoms with Gasteiger partial charge in [-0.2, -0.15) is 15.1 Å². The molecule has 2 fully saturated rings. The Bertz CT molecular complexity index is 1980. The van der Waals surface area contributed by atoms with Gasteiger partial charge in [0.25, 0.3) is 5.91 Å². The Hall–Kier alpha value is -4.52. The molecule has 2 aromatic carbocycles. The third-order valence-corrected chi connectivity index (χ3v) is 11.3. The summed E-state index contributed by atoms with van der Waals surface area (Å²) in [7, 11) is 3.46. The van der Waals surface area contributed by atoms with E-state index in [2.05, 4.69) is 19.8 Å². The monoisotopic (exact) mass is 700 g/mol. The first kappa shape index (κ1) is 33.6. The minimum Gasteiger partial charge on any atom is -0.508 e. The molecule has 1 amide bonds. The number of phenolic OH excluding ortho intramolecular Hbond substituents is 1. The second-order valence-electron chi connectivity index (χ2n) is 14.8. The number of phenols is 1. The molecule has 4 aliphatic heterocycles. The van der Waals surface area contributed by atoms with E-state index < -0.39 is 6.17 Å². The lowest BCUT2D eigenvalue weighted by Gasteiger charge is -2.35. The maximum absolute atomic E-state index is 15.1. The fraction of sp³-hybridized carbons (Fsp3) is 0.526. The molecule has 1 N–H and O–H groups in total. The van der Waals surface area contributed by atoms with E-state index in [4.69, 9.17) is 14.7 Å². The number of aryl methyl sites for hydroxylation is 2. The quantitative estimate of drug-likeness (QED) is 0.277. The van der Waals surface area contributed by atoms with E-state index in [1.807, 2.05) is 17.7 Å². The van der Waals surface area contributed by atoms with Crippen LogP contribution in [0.3, 0.4) is 0 Å². The molecule has 8 rings (SSSR count). The second-order valence-corrected chi connectivity index (χ2v) is 14.8. The van der Waals surface area contributed by atoms with Gasteiger partial charge in [0.1, 0.15) is 30.2 Å². The number of hydrogen-bond donors (Lipinski definition) is 1. The summed E-state index contributed by atoms with van der Waals surface area (Å²) in [5, 5.41) is 17.0. The van der Waals surface area contributed by atoms with Crippen LogP contribution in [0.1, 0.15) is 72.0 Å². The molecule has 11 nitrogen and oxygen atoms in total. The van der Waals surface area contributed by atoms with Gasteiger partial charge in [0, 0.05) is 69.4 Å². The van der Waals surface area contributed by atoms with Crippen molar-refractivity contribution in [3.05, 3.63) is 64.4 Å². The third-order valence-electron chi connectivity index (χ3n) is 11.3. The van der Waals surface area contributed by atoms with E-state index in [1.54, 1.807) is 32.3 Å². The maximum atomic E-state index is 15.1. The molecule has 0 bridgehead atoms. The molecule has 0 radical (unpaired) electrons. The number of benzene rings is 2. The van der Waals surface area contributed by atoms with Crippen molar-refractivity contribution in [1.82, 2.24) is 29.5 Å². The fourth-order valence-electron chi connectivity index (χ4n) is 8.77. The van der Waals surface area contributed by atoms with Gasteiger partial charge in [-0.15, -0.1) is 0 Å². The molecular weight excluding hydrogens is 654 g/mol. The highest BCUT2D eigenvalue weighted by Gasteiger charge is 2.49. The van der Waals surface area contributed by atoms with Crippen LogP contribution in [0.4, 0.5) is 20.3 Å². The molecular formula is C38H46F2N8O3. The summed E-state index contributed by atoms with van der Waals surface area (Å²) in [5.41, 5.74) is 4.22. The number of nitrogens with zero attached hydrogens (tertiary/aromatic N) is 8. The first-order valence-electron chi connectivity index (χ1n) is 18.3. The number of fused-ring (bicyclic) bond motifs is 4. The van der Waals surface area contributed by atoms with Crippen LogP contribution in [0.25, 0.3) is 10.8 Å². The molecule has 270 valence electrons. The number of rotatable bonds is 7. The summed E-state index contributed by atoms with van der Waals surface area (Å²) in [6.07, 6.45) is 4.42. The van der Waals surface area contributed by atoms with Crippen molar-refractivity contribution in [3.63, 3.8) is 0 Å². The third kappa shape index (κ3) is 6.13. The number of alkyl halides is 1. The molecule has 6 heterocycles. The Morgan fingerprint density at radius 2 is 1.90 bits per heavy atom. The van der Waals surface area contributed by atoms with E-state index >= 15 is 4.39 Å². The number of carbonyl (C=O) groups excluding carboxylic acids is 1. The predicted octanol–water partition coefficient (Wildman–Crippen LogP) is 5.25. The Morgan fingerprint density at radius 1 is 1.06 bits per heavy atom. The summed E-state index contributed by atoms with van der Waals surface area (Å²) in [6, 6.07) is 8.73. The SMILES string of the molecule is CCc1c(F)ccc2cc(O)cc(N3CCc4c(nc(OC[C@@]56CCCN5C[C@H](F)C6)nc4N4CCCCn5nc(C(=O)N(C)C)cc5C4)C3)c12. The highest BCUT2D eigenvalue weighted by Crippen LogP contribution is 2.42. The van der Waals surface area contributed by atoms with Crippen LogP contribution in [0.2, 0.25) is 0 Å². The van der Waals surface area contributed by atoms with Gasteiger partial charge in [0.2, 0.25) is 0 Å². The lowest BCUT2D eigenvalue weighted by molar-refractivity contribution is 0.0821. The van der Waals surface area contributed by atoms with Crippen molar-refractivity contribution in [2.24, 2.45) is 0 Å². The number of ether oxygens (including phenoxy) is 1. The number of carbonyl (C=O) groups is 1. The second kappa shape index (κ2) is 13.2. The fourth-order valence-corrected chi connectivity index (χ4v) is 8.77. The van der Waals surface area contributed by atoms with Gasteiger partial charge in [-0.25, -0.2) is 8.78 Å². The number of hydrogen-bond acceptors (Lipinski definition) is 9. The maximum Gasteiger partial charge on any atom is 0.318 e. The molecule has 2 saturated heterocycles. The normalized spacial score (nSPS) is 22.0. The van der Waals surface area contributed by atoms with Crippen molar-refractivity contribution in [2.45, 2.75) is 83.2 Å². The molecule has 0 unspecified atom stereocenters. The first-order chi connectivity index (χ1) is 24.6. The highest BCUT2D eigenvalue weighted by molar-refractivity contribution is 5.98. The molecule has 0 aliphatic carbocycles. The van der Waals surface area contributed by atoms with E-state index in [9.17, 15) is 14.3 Å². The predicted molar refractivity (Wildman–Crippen MR) is 191 cm³/mol. The summed E-state index contributed by atoms with van der Waals surface area (Å²) < 4.78 is 38.2. The van der Waals surface area contributed by atoms with Gasteiger partial charge in [0.15, 0.2) is 5.69 Å². The molecule has 2 aromatic heterocycles. The van der Waals surface area contributed by atoms with Crippen LogP contribution in [-0.4, -0.2) is 99.2 Å². The highest BCUT2D eigenvalue weighted by atomic mass is 19.1. The van der Waals surface area contributed by atoms with E-state index in [1.165, 1.54) is 11.0 Å². The Kier molecular flexibility index (Phi) is 8.72. The van der Waals surface area contributed by atoms with E-state index in [-0.39, 0.29) is 29.0 Å². The molecule has 51 heavy (non-hydrogen) atoms. The van der Waals surface area contributed by atoms with Crippen molar-refractivity contribution in [1.29, 1.82) is 0 Å². The Morgan fingerprint density at radius 3 is 2.73 bits per heavy atom. The van der Waals surface area contributed by atoms with Crippen LogP contribution < -0.4 is 14.5 Å². The van der Waals surface area contributed by atoms with Crippen LogP contribution in [0, 0.1) is 5.82 Å². The van der Waals surface area contributed by atoms with Gasteiger partial charge >= 0.3 is 6.01 Å². The van der Waals surface area contributed by atoms with E-state index in [0.29, 0.717) is 63.3 Å². The van der Waals surface area contributed by atoms with Gasteiger partial charge in [-0.05, 0) is 74.2 Å². The van der Waals surface area contributed by atoms with Crippen LogP contribution >= 0.6 is 0 Å². The summed E-state index contributed by atoms with van der Waals surface area (Å²) in [5.74, 6) is 0.520. The Balaban J connectivity index is 1.18. The first-order valence-corrected chi connectivity index (χ1v) is 18.3. The van der Waals surface area contributed by atoms with E-state index in [0.717, 1.165) is 84.5 Å². The van der Waals surface area contributed by atoms with Crippen LogP contribution in [-0.2, 0) is 32.5 Å². The minimum atomic E-state index is -0.868. The van der Waals surface area contributed by atoms with Gasteiger partial charge in [-0.1, -0.05) is 13.0 Å². The smallest absolute Gasteiger partial charge is 0.318 e. The lowest BCUT2D eigenvalue weighted by Crippen LogP contribution is -2.43. The molecule has 13 heteroatoms. The van der Waals surface area contributed by atoms with Crippen molar-refractivity contribution in [3.8, 4) is 11.8 Å². The lowest BCUT2D eigenvalue weighted by atomic mass is 9.95. The summed E-state index contributed by atoms with van der Waals surface area (Å²) in [4.78, 5) is 31.1. The van der Waals surface area contributed by atoms with Crippen molar-refractivity contribution < 1.29 is 23.4 Å². The number of halogens is 2. The number of anilines is 2. The van der Waals surface area contributed by atoms with Gasteiger partial charge in [-0.3, -0.25) is 14.4 Å². The molecule has 0 spiro atoms. The Labute approximate surface area is 296 Å². The number of aromatic hydroxyl groups is 1. The minimum absolute atomic E-state index is 0.122. The van der Waals surface area contributed by atoms with Crippen molar-refractivity contribution >= 4 is 28.2 Å². The zero-order valence-electron chi connectivity index (χ0n) is 29.7. The molecule has 2 atom stereocenters. The van der Waals surface area contributed by atoms with Crippen molar-refractivity contribution in [2.75, 3.05) is 56.7 Å². The number of amides is 1. The summed E-state index contributed by atoms with van der Waals surface area (Å²) >= 11 is 0. The zero-order valence-corrected chi connectivity index (χ0v) is 29.7. The molecule has 0 saturated carbocycles. The summed E-state index contributed by atoms with van der Waals surface area (Å²) in [6.45, 7) is 6.60. The topological polar surface area (TPSA) is 103 Å². The van der Waals surface area contributed by atoms with Crippen LogP contribution in [0.5, 0.6) is 11.8 Å². The largest absolute Gasteiger partial charge is 0.508 e. The van der Waals surface area contributed by atoms with Crippen LogP contribution in [0.15, 0.2) is 30.3 Å². The van der Waals surface area contributed by atoms with Gasteiger partial charge in [0.05, 0.1) is 30.0 Å². The van der Waals surface area contributed by atoms with Gasteiger partial charge < -0.3 is 24.5 Å². The average molecular weight is 701 g/mol. The molecule has 4 aliphatic rings. The molecule has 4 aromatic rings. The average Bonchev–Trinajstić information content (AvgIpc) is 3.77.